The maximum absolute atomic E-state index is 11.3. The van der Waals surface area contributed by atoms with Crippen LogP contribution in [0, 0.1) is 23.0 Å². The minimum atomic E-state index is -0.297. The molecule has 2 saturated heterocycles. The van der Waals surface area contributed by atoms with Crippen molar-refractivity contribution in [2.24, 2.45) is 5.92 Å². The number of nitrogens with zero attached hydrogens (tertiary/aromatic N) is 3. The molecule has 2 unspecified atom stereocenters. The number of rotatable bonds is 3. The van der Waals surface area contributed by atoms with E-state index in [9.17, 15) is 10.1 Å². The molecule has 2 aliphatic rings. The molecule has 1 aromatic heterocycles. The molecule has 0 spiro atoms. The van der Waals surface area contributed by atoms with Crippen molar-refractivity contribution in [3.63, 3.8) is 0 Å². The Kier molecular flexibility index (Phi) is 4.05. The summed E-state index contributed by atoms with van der Waals surface area (Å²) in [6.07, 6.45) is 6.42. The number of hydrogen-bond donors (Lipinski definition) is 1. The number of hydrogen-bond acceptors (Lipinski definition) is 5. The third kappa shape index (κ3) is 2.85. The summed E-state index contributed by atoms with van der Waals surface area (Å²) in [5.74, 6) is 1.12. The van der Waals surface area contributed by atoms with Crippen molar-refractivity contribution in [3.8, 4) is 0 Å². The monoisotopic (exact) mass is 290 g/mol. The highest BCUT2D eigenvalue weighted by molar-refractivity contribution is 5.61. The van der Waals surface area contributed by atoms with Crippen molar-refractivity contribution < 1.29 is 4.92 Å². The highest BCUT2D eigenvalue weighted by Crippen LogP contribution is 2.33. The van der Waals surface area contributed by atoms with Crippen LogP contribution in [0.4, 0.5) is 11.5 Å². The van der Waals surface area contributed by atoms with E-state index < -0.39 is 0 Å². The van der Waals surface area contributed by atoms with Crippen LogP contribution in [0.5, 0.6) is 0 Å². The molecular formula is C15H22N4O2. The van der Waals surface area contributed by atoms with E-state index in [0.29, 0.717) is 23.3 Å². The van der Waals surface area contributed by atoms with Gasteiger partial charge in [0.2, 0.25) is 5.82 Å². The average Bonchev–Trinajstić information content (AvgIpc) is 3.01. The van der Waals surface area contributed by atoms with Crippen LogP contribution in [0.25, 0.3) is 0 Å². The maximum atomic E-state index is 11.3. The molecule has 1 N–H and O–H groups in total. The summed E-state index contributed by atoms with van der Waals surface area (Å²) < 4.78 is 0. The Morgan fingerprint density at radius 3 is 3.00 bits per heavy atom. The van der Waals surface area contributed by atoms with Gasteiger partial charge in [-0.15, -0.1) is 0 Å². The molecule has 2 atom stereocenters. The smallest absolute Gasteiger partial charge is 0.314 e. The lowest BCUT2D eigenvalue weighted by Gasteiger charge is -2.36. The lowest BCUT2D eigenvalue weighted by Crippen LogP contribution is -2.44. The molecule has 0 amide bonds. The van der Waals surface area contributed by atoms with Crippen LogP contribution in [-0.2, 0) is 0 Å². The van der Waals surface area contributed by atoms with Crippen LogP contribution in [0.2, 0.25) is 0 Å². The minimum absolute atomic E-state index is 0.164. The molecule has 3 rings (SSSR count). The van der Waals surface area contributed by atoms with Crippen molar-refractivity contribution in [1.82, 2.24) is 10.3 Å². The minimum Gasteiger partial charge on any atom is -0.351 e. The van der Waals surface area contributed by atoms with E-state index in [1.807, 2.05) is 0 Å². The Balaban J connectivity index is 1.83. The fourth-order valence-corrected chi connectivity index (χ4v) is 3.64. The van der Waals surface area contributed by atoms with E-state index in [2.05, 4.69) is 15.2 Å². The molecule has 0 radical (unpaired) electrons. The first-order valence-electron chi connectivity index (χ1n) is 7.75. The lowest BCUT2D eigenvalue weighted by molar-refractivity contribution is -0.384. The Hall–Kier alpha value is -1.69. The third-order valence-corrected chi connectivity index (χ3v) is 4.71. The first kappa shape index (κ1) is 14.3. The van der Waals surface area contributed by atoms with Gasteiger partial charge in [0, 0.05) is 30.9 Å². The average molecular weight is 290 g/mol. The molecule has 2 aliphatic heterocycles. The van der Waals surface area contributed by atoms with Gasteiger partial charge in [-0.05, 0) is 51.1 Å². The molecule has 0 saturated carbocycles. The second-order valence-electron chi connectivity index (χ2n) is 6.11. The Morgan fingerprint density at radius 2 is 2.29 bits per heavy atom. The molecule has 114 valence electrons. The van der Waals surface area contributed by atoms with E-state index >= 15 is 0 Å². The van der Waals surface area contributed by atoms with Gasteiger partial charge in [-0.25, -0.2) is 4.98 Å². The van der Waals surface area contributed by atoms with Crippen LogP contribution in [-0.4, -0.2) is 35.6 Å². The number of anilines is 1. The highest BCUT2D eigenvalue weighted by atomic mass is 16.6. The predicted molar refractivity (Wildman–Crippen MR) is 81.6 cm³/mol. The molecule has 21 heavy (non-hydrogen) atoms. The van der Waals surface area contributed by atoms with Gasteiger partial charge in [-0.2, -0.15) is 0 Å². The number of pyridine rings is 1. The van der Waals surface area contributed by atoms with Gasteiger partial charge in [0.25, 0.3) is 0 Å². The normalized spacial score (nSPS) is 26.0. The maximum Gasteiger partial charge on any atom is 0.314 e. The quantitative estimate of drug-likeness (QED) is 0.683. The van der Waals surface area contributed by atoms with Crippen LogP contribution >= 0.6 is 0 Å². The van der Waals surface area contributed by atoms with E-state index in [-0.39, 0.29) is 10.6 Å². The second kappa shape index (κ2) is 5.97. The van der Waals surface area contributed by atoms with Gasteiger partial charge >= 0.3 is 5.69 Å². The van der Waals surface area contributed by atoms with Gasteiger partial charge in [0.15, 0.2) is 0 Å². The summed E-state index contributed by atoms with van der Waals surface area (Å²) in [4.78, 5) is 17.5. The standard InChI is InChI=1S/C15H22N4O2/c1-11-6-8-17-15(14(11)19(20)21)18-9-3-4-12(10-18)13-5-2-7-16-13/h6,8,12-13,16H,2-5,7,9-10H2,1H3. The van der Waals surface area contributed by atoms with Gasteiger partial charge < -0.3 is 10.2 Å². The van der Waals surface area contributed by atoms with Gasteiger partial charge in [0.05, 0.1) is 4.92 Å². The summed E-state index contributed by atoms with van der Waals surface area (Å²) in [6, 6.07) is 2.28. The number of piperidine rings is 1. The van der Waals surface area contributed by atoms with E-state index in [1.54, 1.807) is 19.2 Å². The topological polar surface area (TPSA) is 71.3 Å². The van der Waals surface area contributed by atoms with E-state index in [1.165, 1.54) is 19.3 Å². The van der Waals surface area contributed by atoms with Crippen molar-refractivity contribution in [2.75, 3.05) is 24.5 Å². The van der Waals surface area contributed by atoms with Crippen molar-refractivity contribution in [1.29, 1.82) is 0 Å². The molecule has 2 fully saturated rings. The Bertz CT molecular complexity index is 528. The first-order valence-corrected chi connectivity index (χ1v) is 7.75. The molecule has 0 aliphatic carbocycles. The summed E-state index contributed by atoms with van der Waals surface area (Å²) in [6.45, 7) is 4.61. The summed E-state index contributed by atoms with van der Waals surface area (Å²) in [7, 11) is 0. The molecule has 1 aromatic rings. The number of aryl methyl sites for hydroxylation is 1. The summed E-state index contributed by atoms with van der Waals surface area (Å²) in [5.41, 5.74) is 0.851. The number of nitro groups is 1. The molecule has 0 aromatic carbocycles. The number of nitrogens with one attached hydrogen (secondary N) is 1. The van der Waals surface area contributed by atoms with Crippen LogP contribution in [0.15, 0.2) is 12.3 Å². The molecular weight excluding hydrogens is 268 g/mol. The van der Waals surface area contributed by atoms with Crippen LogP contribution in [0.1, 0.15) is 31.2 Å². The zero-order valence-electron chi connectivity index (χ0n) is 12.4. The predicted octanol–water partition coefficient (Wildman–Crippen LogP) is 2.27. The molecule has 3 heterocycles. The lowest BCUT2D eigenvalue weighted by atomic mass is 9.89. The van der Waals surface area contributed by atoms with Gasteiger partial charge in [-0.3, -0.25) is 10.1 Å². The highest BCUT2D eigenvalue weighted by Gasteiger charge is 2.32. The largest absolute Gasteiger partial charge is 0.351 e. The number of aromatic nitrogens is 1. The van der Waals surface area contributed by atoms with Crippen molar-refractivity contribution in [3.05, 3.63) is 27.9 Å². The van der Waals surface area contributed by atoms with Crippen LogP contribution < -0.4 is 10.2 Å². The third-order valence-electron chi connectivity index (χ3n) is 4.71. The molecule has 6 nitrogen and oxygen atoms in total. The zero-order chi connectivity index (χ0) is 14.8. The van der Waals surface area contributed by atoms with Gasteiger partial charge in [-0.1, -0.05) is 0 Å². The van der Waals surface area contributed by atoms with Crippen LogP contribution in [0.3, 0.4) is 0 Å². The summed E-state index contributed by atoms with van der Waals surface area (Å²) >= 11 is 0. The fourth-order valence-electron chi connectivity index (χ4n) is 3.64. The second-order valence-corrected chi connectivity index (χ2v) is 6.11. The Morgan fingerprint density at radius 1 is 1.43 bits per heavy atom. The van der Waals surface area contributed by atoms with E-state index in [4.69, 9.17) is 0 Å². The van der Waals surface area contributed by atoms with E-state index in [0.717, 1.165) is 26.1 Å². The fraction of sp³-hybridized carbons (Fsp3) is 0.667. The summed E-state index contributed by atoms with van der Waals surface area (Å²) in [5, 5.41) is 14.9. The first-order chi connectivity index (χ1) is 10.2. The van der Waals surface area contributed by atoms with Gasteiger partial charge in [0.1, 0.15) is 0 Å². The van der Waals surface area contributed by atoms with Crippen molar-refractivity contribution in [2.45, 2.75) is 38.6 Å². The molecule has 6 heteroatoms. The van der Waals surface area contributed by atoms with Crippen molar-refractivity contribution >= 4 is 11.5 Å². The SMILES string of the molecule is Cc1ccnc(N2CCCC(C3CCCN3)C2)c1[N+](=O)[O-]. The zero-order valence-corrected chi connectivity index (χ0v) is 12.4. The molecule has 0 bridgehead atoms. The Labute approximate surface area is 124 Å².